The predicted octanol–water partition coefficient (Wildman–Crippen LogP) is 3.49. The third-order valence-electron chi connectivity index (χ3n) is 7.99. The third-order valence-corrected chi connectivity index (χ3v) is 7.99. The standard InChI is InChI=1S/C22H37N3O2/c1-3-24(4-2)20(26)19-5-7-25(8-6-19)21(27)23-15-22-12-16-9-17(13-22)11-18(10-16)14-22/h16-19H,3-15H2,1-2H3,(H,23,27). The first-order chi connectivity index (χ1) is 13.0. The highest BCUT2D eigenvalue weighted by atomic mass is 16.2. The first-order valence-corrected chi connectivity index (χ1v) is 11.3. The van der Waals surface area contributed by atoms with Gasteiger partial charge < -0.3 is 15.1 Å². The van der Waals surface area contributed by atoms with Crippen molar-refractivity contribution in [1.82, 2.24) is 15.1 Å². The number of hydrogen-bond donors (Lipinski definition) is 1. The molecular formula is C22H37N3O2. The van der Waals surface area contributed by atoms with Gasteiger partial charge in [-0.3, -0.25) is 4.79 Å². The molecule has 0 aromatic heterocycles. The summed E-state index contributed by atoms with van der Waals surface area (Å²) >= 11 is 0. The Hall–Kier alpha value is -1.26. The Balaban J connectivity index is 1.25. The number of carbonyl (C=O) groups is 2. The van der Waals surface area contributed by atoms with Gasteiger partial charge in [-0.05, 0) is 88.4 Å². The van der Waals surface area contributed by atoms with Crippen molar-refractivity contribution in [3.63, 3.8) is 0 Å². The molecule has 0 atom stereocenters. The molecule has 1 heterocycles. The van der Waals surface area contributed by atoms with Crippen molar-refractivity contribution < 1.29 is 9.59 Å². The van der Waals surface area contributed by atoms with Crippen LogP contribution in [0.5, 0.6) is 0 Å². The average molecular weight is 376 g/mol. The van der Waals surface area contributed by atoms with Gasteiger partial charge in [0.25, 0.3) is 0 Å². The van der Waals surface area contributed by atoms with Crippen molar-refractivity contribution in [3.8, 4) is 0 Å². The third kappa shape index (κ3) is 3.84. The highest BCUT2D eigenvalue weighted by molar-refractivity contribution is 5.79. The van der Waals surface area contributed by atoms with Gasteiger partial charge in [-0.1, -0.05) is 0 Å². The molecule has 1 aliphatic heterocycles. The van der Waals surface area contributed by atoms with Crippen molar-refractivity contribution in [3.05, 3.63) is 0 Å². The maximum absolute atomic E-state index is 12.7. The van der Waals surface area contributed by atoms with E-state index in [4.69, 9.17) is 0 Å². The van der Waals surface area contributed by atoms with Crippen molar-refractivity contribution in [2.75, 3.05) is 32.7 Å². The number of piperidine rings is 1. The Labute approximate surface area is 164 Å². The lowest BCUT2D eigenvalue weighted by molar-refractivity contribution is -0.136. The van der Waals surface area contributed by atoms with Crippen LogP contribution in [0.1, 0.15) is 65.2 Å². The van der Waals surface area contributed by atoms with Crippen LogP contribution >= 0.6 is 0 Å². The minimum absolute atomic E-state index is 0.0945. The summed E-state index contributed by atoms with van der Waals surface area (Å²) in [5.41, 5.74) is 0.390. The van der Waals surface area contributed by atoms with E-state index in [9.17, 15) is 9.59 Å². The van der Waals surface area contributed by atoms with E-state index in [2.05, 4.69) is 5.32 Å². The molecule has 5 nitrogen and oxygen atoms in total. The van der Waals surface area contributed by atoms with Crippen LogP contribution in [0.15, 0.2) is 0 Å². The lowest BCUT2D eigenvalue weighted by atomic mass is 9.49. The highest BCUT2D eigenvalue weighted by Gasteiger charge is 2.50. The number of nitrogens with zero attached hydrogens (tertiary/aromatic N) is 2. The van der Waals surface area contributed by atoms with Crippen LogP contribution in [0, 0.1) is 29.1 Å². The molecule has 4 bridgehead atoms. The molecule has 27 heavy (non-hydrogen) atoms. The Morgan fingerprint density at radius 1 is 0.963 bits per heavy atom. The number of urea groups is 1. The Kier molecular flexibility index (Phi) is 5.39. The molecule has 0 spiro atoms. The van der Waals surface area contributed by atoms with E-state index in [1.54, 1.807) is 0 Å². The summed E-state index contributed by atoms with van der Waals surface area (Å²) in [7, 11) is 0. The van der Waals surface area contributed by atoms with Gasteiger partial charge in [-0.2, -0.15) is 0 Å². The molecule has 0 aromatic carbocycles. The maximum Gasteiger partial charge on any atom is 0.317 e. The fourth-order valence-electron chi connectivity index (χ4n) is 7.00. The summed E-state index contributed by atoms with van der Waals surface area (Å²) in [6.07, 6.45) is 9.95. The van der Waals surface area contributed by atoms with Gasteiger partial charge in [0.15, 0.2) is 0 Å². The number of hydrogen-bond acceptors (Lipinski definition) is 2. The normalized spacial score (nSPS) is 35.3. The van der Waals surface area contributed by atoms with Crippen molar-refractivity contribution in [1.29, 1.82) is 0 Å². The highest BCUT2D eigenvalue weighted by Crippen LogP contribution is 2.59. The quantitative estimate of drug-likeness (QED) is 0.800. The summed E-state index contributed by atoms with van der Waals surface area (Å²) < 4.78 is 0. The number of amides is 3. The van der Waals surface area contributed by atoms with E-state index in [0.717, 1.165) is 50.2 Å². The Morgan fingerprint density at radius 2 is 1.48 bits per heavy atom. The Bertz CT molecular complexity index is 529. The van der Waals surface area contributed by atoms with Gasteiger partial charge >= 0.3 is 6.03 Å². The van der Waals surface area contributed by atoms with Crippen LogP contribution in [-0.4, -0.2) is 54.5 Å². The molecule has 0 unspecified atom stereocenters. The smallest absolute Gasteiger partial charge is 0.317 e. The zero-order valence-electron chi connectivity index (χ0n) is 17.2. The van der Waals surface area contributed by atoms with Crippen LogP contribution in [0.2, 0.25) is 0 Å². The predicted molar refractivity (Wildman–Crippen MR) is 106 cm³/mol. The zero-order valence-corrected chi connectivity index (χ0v) is 17.2. The second-order valence-electron chi connectivity index (χ2n) is 9.85. The van der Waals surface area contributed by atoms with Crippen LogP contribution in [0.3, 0.4) is 0 Å². The average Bonchev–Trinajstić information content (AvgIpc) is 2.66. The molecule has 5 heteroatoms. The van der Waals surface area contributed by atoms with Gasteiger partial charge in [-0.15, -0.1) is 0 Å². The minimum atomic E-state index is 0.0945. The number of carbonyl (C=O) groups excluding carboxylic acids is 2. The lowest BCUT2D eigenvalue weighted by Gasteiger charge is -2.57. The van der Waals surface area contributed by atoms with Crippen LogP contribution in [0.25, 0.3) is 0 Å². The first kappa shape index (κ1) is 19.1. The summed E-state index contributed by atoms with van der Waals surface area (Å²) in [6.45, 7) is 7.92. The van der Waals surface area contributed by atoms with Gasteiger partial charge in [0, 0.05) is 38.6 Å². The van der Waals surface area contributed by atoms with Crippen molar-refractivity contribution in [2.24, 2.45) is 29.1 Å². The molecule has 4 aliphatic carbocycles. The monoisotopic (exact) mass is 375 g/mol. The fourth-order valence-corrected chi connectivity index (χ4v) is 7.00. The fraction of sp³-hybridized carbons (Fsp3) is 0.909. The van der Waals surface area contributed by atoms with Gasteiger partial charge in [0.2, 0.25) is 5.91 Å². The molecule has 0 radical (unpaired) electrons. The summed E-state index contributed by atoms with van der Waals surface area (Å²) in [5.74, 6) is 3.14. The van der Waals surface area contributed by atoms with Crippen LogP contribution in [-0.2, 0) is 4.79 Å². The van der Waals surface area contributed by atoms with E-state index < -0.39 is 0 Å². The summed E-state index contributed by atoms with van der Waals surface area (Å²) in [6, 6.07) is 0.0967. The molecule has 3 amide bonds. The summed E-state index contributed by atoms with van der Waals surface area (Å²) in [4.78, 5) is 29.1. The maximum atomic E-state index is 12.7. The van der Waals surface area contributed by atoms with E-state index in [-0.39, 0.29) is 17.9 Å². The van der Waals surface area contributed by atoms with E-state index >= 15 is 0 Å². The second-order valence-corrected chi connectivity index (χ2v) is 9.85. The zero-order chi connectivity index (χ0) is 19.0. The van der Waals surface area contributed by atoms with Gasteiger partial charge in [0.1, 0.15) is 0 Å². The molecule has 4 saturated carbocycles. The van der Waals surface area contributed by atoms with E-state index in [1.807, 2.05) is 23.6 Å². The topological polar surface area (TPSA) is 52.7 Å². The van der Waals surface area contributed by atoms with Crippen LogP contribution < -0.4 is 5.32 Å². The number of rotatable bonds is 5. The molecule has 5 rings (SSSR count). The van der Waals surface area contributed by atoms with Gasteiger partial charge in [0.05, 0.1) is 0 Å². The molecule has 5 aliphatic rings. The first-order valence-electron chi connectivity index (χ1n) is 11.3. The van der Waals surface area contributed by atoms with Crippen molar-refractivity contribution >= 4 is 11.9 Å². The number of nitrogens with one attached hydrogen (secondary N) is 1. The Morgan fingerprint density at radius 3 is 1.96 bits per heavy atom. The molecule has 1 saturated heterocycles. The molecule has 152 valence electrons. The lowest BCUT2D eigenvalue weighted by Crippen LogP contribution is -2.54. The van der Waals surface area contributed by atoms with E-state index in [0.29, 0.717) is 18.5 Å². The summed E-state index contributed by atoms with van der Waals surface area (Å²) in [5, 5.41) is 3.29. The van der Waals surface area contributed by atoms with Crippen LogP contribution in [0.4, 0.5) is 4.79 Å². The van der Waals surface area contributed by atoms with Gasteiger partial charge in [-0.25, -0.2) is 4.79 Å². The van der Waals surface area contributed by atoms with E-state index in [1.165, 1.54) is 38.5 Å². The SMILES string of the molecule is CCN(CC)C(=O)C1CCN(C(=O)NCC23CC4CC(CC(C4)C2)C3)CC1. The molecule has 0 aromatic rings. The number of likely N-dealkylation sites (tertiary alicyclic amines) is 1. The van der Waals surface area contributed by atoms with Crippen molar-refractivity contribution in [2.45, 2.75) is 65.2 Å². The minimum Gasteiger partial charge on any atom is -0.343 e. The molecule has 1 N–H and O–H groups in total. The molecular weight excluding hydrogens is 338 g/mol. The largest absolute Gasteiger partial charge is 0.343 e. The molecule has 5 fully saturated rings. The second kappa shape index (κ2) is 7.63.